The lowest BCUT2D eigenvalue weighted by Crippen LogP contribution is -2.22. The second-order valence-electron chi connectivity index (χ2n) is 6.76. The van der Waals surface area contributed by atoms with E-state index in [4.69, 9.17) is 5.73 Å². The number of nitrogens with zero attached hydrogens (tertiary/aromatic N) is 5. The highest BCUT2D eigenvalue weighted by Crippen LogP contribution is 2.26. The fourth-order valence-corrected chi connectivity index (χ4v) is 3.34. The van der Waals surface area contributed by atoms with Gasteiger partial charge < -0.3 is 11.1 Å². The number of rotatable bonds is 6. The maximum Gasteiger partial charge on any atom is 0.254 e. The molecule has 1 aliphatic heterocycles. The van der Waals surface area contributed by atoms with Gasteiger partial charge in [-0.2, -0.15) is 15.3 Å². The van der Waals surface area contributed by atoms with Crippen LogP contribution in [-0.2, 0) is 6.54 Å². The fourth-order valence-electron chi connectivity index (χ4n) is 3.34. The molecule has 4 rings (SSSR count). The Kier molecular flexibility index (Phi) is 4.98. The van der Waals surface area contributed by atoms with Crippen LogP contribution in [0.4, 0.5) is 15.9 Å². The highest BCUT2D eigenvalue weighted by atomic mass is 19.1. The van der Waals surface area contributed by atoms with Crippen LogP contribution in [0, 0.1) is 5.82 Å². The lowest BCUT2D eigenvalue weighted by molar-refractivity contribution is 0.100. The standard InChI is InChI=1S/C19H20FN7O/c20-13-3-5-14(6-4-13)23-19-17(18(21)28)12-27(25-19)16-7-9-26(11-16)10-15-2-1-8-22-24-15/h1-6,8,12,16H,7,9-11H2,(H2,21,28)(H,23,25)/t16-/m1/s1. The quantitative estimate of drug-likeness (QED) is 0.678. The molecule has 1 saturated heterocycles. The van der Waals surface area contributed by atoms with Gasteiger partial charge in [0, 0.05) is 37.7 Å². The number of halogens is 1. The third-order valence-electron chi connectivity index (χ3n) is 4.74. The number of anilines is 2. The van der Waals surface area contributed by atoms with Crippen LogP contribution < -0.4 is 11.1 Å². The Morgan fingerprint density at radius 1 is 1.29 bits per heavy atom. The topological polar surface area (TPSA) is 102 Å². The van der Waals surface area contributed by atoms with Crippen molar-refractivity contribution in [1.29, 1.82) is 0 Å². The minimum Gasteiger partial charge on any atom is -0.365 e. The summed E-state index contributed by atoms with van der Waals surface area (Å²) in [6.45, 7) is 2.40. The van der Waals surface area contributed by atoms with Crippen molar-refractivity contribution in [3.05, 3.63) is 65.9 Å². The van der Waals surface area contributed by atoms with Crippen LogP contribution in [0.5, 0.6) is 0 Å². The van der Waals surface area contributed by atoms with Crippen molar-refractivity contribution < 1.29 is 9.18 Å². The van der Waals surface area contributed by atoms with Gasteiger partial charge >= 0.3 is 0 Å². The summed E-state index contributed by atoms with van der Waals surface area (Å²) in [4.78, 5) is 14.1. The molecule has 8 nitrogen and oxygen atoms in total. The van der Waals surface area contributed by atoms with Crippen LogP contribution in [0.25, 0.3) is 0 Å². The molecule has 0 aliphatic carbocycles. The number of aromatic nitrogens is 4. The summed E-state index contributed by atoms with van der Waals surface area (Å²) in [5.41, 5.74) is 7.36. The minimum atomic E-state index is -0.565. The first-order chi connectivity index (χ1) is 13.6. The molecular formula is C19H20FN7O. The van der Waals surface area contributed by atoms with Crippen LogP contribution in [0.15, 0.2) is 48.8 Å². The molecule has 3 N–H and O–H groups in total. The monoisotopic (exact) mass is 381 g/mol. The first-order valence-corrected chi connectivity index (χ1v) is 8.99. The van der Waals surface area contributed by atoms with Gasteiger partial charge in [-0.1, -0.05) is 0 Å². The van der Waals surface area contributed by atoms with Crippen molar-refractivity contribution in [1.82, 2.24) is 24.9 Å². The summed E-state index contributed by atoms with van der Waals surface area (Å²) in [6, 6.07) is 9.78. The van der Waals surface area contributed by atoms with Crippen LogP contribution in [0.3, 0.4) is 0 Å². The lowest BCUT2D eigenvalue weighted by Gasteiger charge is -2.15. The number of benzene rings is 1. The minimum absolute atomic E-state index is 0.124. The second kappa shape index (κ2) is 7.73. The van der Waals surface area contributed by atoms with Gasteiger partial charge in [-0.25, -0.2) is 4.39 Å². The number of amides is 1. The zero-order valence-electron chi connectivity index (χ0n) is 15.1. The van der Waals surface area contributed by atoms with E-state index in [-0.39, 0.29) is 11.9 Å². The predicted octanol–water partition coefficient (Wildman–Crippen LogP) is 2.10. The second-order valence-corrected chi connectivity index (χ2v) is 6.76. The Labute approximate surface area is 161 Å². The summed E-state index contributed by atoms with van der Waals surface area (Å²) >= 11 is 0. The van der Waals surface area contributed by atoms with Crippen molar-refractivity contribution in [3.8, 4) is 0 Å². The molecule has 1 atom stereocenters. The lowest BCUT2D eigenvalue weighted by atomic mass is 10.2. The van der Waals surface area contributed by atoms with Gasteiger partial charge in [0.1, 0.15) is 11.4 Å². The number of carbonyl (C=O) groups is 1. The number of primary amides is 1. The van der Waals surface area contributed by atoms with Gasteiger partial charge in [0.05, 0.1) is 11.7 Å². The molecular weight excluding hydrogens is 361 g/mol. The Bertz CT molecular complexity index is 958. The van der Waals surface area contributed by atoms with Gasteiger partial charge in [0.15, 0.2) is 5.82 Å². The van der Waals surface area contributed by atoms with Crippen molar-refractivity contribution in [3.63, 3.8) is 0 Å². The average molecular weight is 381 g/mol. The highest BCUT2D eigenvalue weighted by Gasteiger charge is 2.27. The summed E-state index contributed by atoms with van der Waals surface area (Å²) in [5.74, 6) is -0.530. The molecule has 1 aromatic carbocycles. The number of likely N-dealkylation sites (tertiary alicyclic amines) is 1. The van der Waals surface area contributed by atoms with Crippen LogP contribution in [-0.4, -0.2) is 43.9 Å². The Balaban J connectivity index is 1.49. The largest absolute Gasteiger partial charge is 0.365 e. The van der Waals surface area contributed by atoms with Gasteiger partial charge in [-0.05, 0) is 42.8 Å². The van der Waals surface area contributed by atoms with Crippen molar-refractivity contribution >= 4 is 17.4 Å². The number of nitrogens with two attached hydrogens (primary N) is 1. The van der Waals surface area contributed by atoms with Crippen LogP contribution >= 0.6 is 0 Å². The van der Waals surface area contributed by atoms with E-state index in [2.05, 4.69) is 25.5 Å². The zero-order valence-corrected chi connectivity index (χ0v) is 15.1. The smallest absolute Gasteiger partial charge is 0.254 e. The summed E-state index contributed by atoms with van der Waals surface area (Å²) < 4.78 is 14.9. The van der Waals surface area contributed by atoms with Crippen molar-refractivity contribution in [2.45, 2.75) is 19.0 Å². The molecule has 1 aliphatic rings. The van der Waals surface area contributed by atoms with E-state index in [1.807, 2.05) is 12.1 Å². The molecule has 1 amide bonds. The maximum atomic E-state index is 13.1. The van der Waals surface area contributed by atoms with E-state index in [1.54, 1.807) is 29.2 Å². The third-order valence-corrected chi connectivity index (χ3v) is 4.74. The predicted molar refractivity (Wildman–Crippen MR) is 101 cm³/mol. The first-order valence-electron chi connectivity index (χ1n) is 8.99. The zero-order chi connectivity index (χ0) is 19.5. The van der Waals surface area contributed by atoms with E-state index in [9.17, 15) is 9.18 Å². The molecule has 144 valence electrons. The van der Waals surface area contributed by atoms with Crippen molar-refractivity contribution in [2.75, 3.05) is 18.4 Å². The van der Waals surface area contributed by atoms with E-state index < -0.39 is 5.91 Å². The van der Waals surface area contributed by atoms with Crippen LogP contribution in [0.1, 0.15) is 28.5 Å². The van der Waals surface area contributed by atoms with E-state index in [0.29, 0.717) is 17.1 Å². The highest BCUT2D eigenvalue weighted by molar-refractivity contribution is 5.98. The molecule has 2 aromatic heterocycles. The number of nitrogens with one attached hydrogen (secondary N) is 1. The molecule has 1 fully saturated rings. The number of hydrogen-bond donors (Lipinski definition) is 2. The third kappa shape index (κ3) is 3.99. The van der Waals surface area contributed by atoms with E-state index in [0.717, 1.165) is 31.7 Å². The average Bonchev–Trinajstić information content (AvgIpc) is 3.31. The summed E-state index contributed by atoms with van der Waals surface area (Å²) in [7, 11) is 0. The number of carbonyl (C=O) groups excluding carboxylic acids is 1. The Morgan fingerprint density at radius 2 is 2.11 bits per heavy atom. The molecule has 0 radical (unpaired) electrons. The molecule has 0 saturated carbocycles. The molecule has 9 heteroatoms. The van der Waals surface area contributed by atoms with Gasteiger partial charge in [-0.15, -0.1) is 0 Å². The molecule has 28 heavy (non-hydrogen) atoms. The Morgan fingerprint density at radius 3 is 2.82 bits per heavy atom. The normalized spacial score (nSPS) is 17.0. The van der Waals surface area contributed by atoms with E-state index in [1.165, 1.54) is 12.1 Å². The molecule has 3 aromatic rings. The van der Waals surface area contributed by atoms with Gasteiger partial charge in [0.2, 0.25) is 0 Å². The van der Waals surface area contributed by atoms with Gasteiger partial charge in [-0.3, -0.25) is 14.4 Å². The maximum absolute atomic E-state index is 13.1. The molecule has 3 heterocycles. The Hall–Kier alpha value is -3.33. The van der Waals surface area contributed by atoms with Crippen LogP contribution in [0.2, 0.25) is 0 Å². The molecule has 0 bridgehead atoms. The summed E-state index contributed by atoms with van der Waals surface area (Å²) in [5, 5.41) is 15.6. The molecule has 0 spiro atoms. The number of hydrogen-bond acceptors (Lipinski definition) is 6. The van der Waals surface area contributed by atoms with Gasteiger partial charge in [0.25, 0.3) is 5.91 Å². The summed E-state index contributed by atoms with van der Waals surface area (Å²) in [6.07, 6.45) is 4.22. The first kappa shape index (κ1) is 18.1. The fraction of sp³-hybridized carbons (Fsp3) is 0.263. The van der Waals surface area contributed by atoms with E-state index >= 15 is 0 Å². The van der Waals surface area contributed by atoms with Crippen molar-refractivity contribution in [2.24, 2.45) is 5.73 Å². The SMILES string of the molecule is NC(=O)c1cn([C@@H]2CCN(Cc3cccnn3)C2)nc1Nc1ccc(F)cc1. The molecule has 0 unspecified atom stereocenters.